The van der Waals surface area contributed by atoms with Gasteiger partial charge in [-0.25, -0.2) is 9.97 Å². The molecule has 0 amide bonds. The van der Waals surface area contributed by atoms with Crippen molar-refractivity contribution in [2.24, 2.45) is 0 Å². The number of hydrogen-bond donors (Lipinski definition) is 1. The van der Waals surface area contributed by atoms with E-state index >= 15 is 0 Å². The van der Waals surface area contributed by atoms with Crippen LogP contribution in [0, 0.1) is 0 Å². The fraction of sp³-hybridized carbons (Fsp3) is 0.227. The van der Waals surface area contributed by atoms with Crippen LogP contribution in [-0.2, 0) is 0 Å². The molecular weight excluding hydrogens is 450 g/mol. The summed E-state index contributed by atoms with van der Waals surface area (Å²) in [7, 11) is 7.81. The van der Waals surface area contributed by atoms with E-state index in [2.05, 4.69) is 20.3 Å². The fourth-order valence-corrected chi connectivity index (χ4v) is 3.56. The predicted octanol–water partition coefficient (Wildman–Crippen LogP) is 4.26. The highest BCUT2D eigenvalue weighted by Crippen LogP contribution is 2.39. The summed E-state index contributed by atoms with van der Waals surface area (Å²) in [5.41, 5.74) is 1.36. The molecule has 4 rings (SSSR count). The average molecular weight is 472 g/mol. The number of hydrogen-bond acceptors (Lipinski definition) is 9. The Hall–Kier alpha value is -3.92. The Labute approximate surface area is 195 Å². The van der Waals surface area contributed by atoms with Crippen molar-refractivity contribution in [3.05, 3.63) is 42.1 Å². The lowest BCUT2D eigenvalue weighted by atomic mass is 10.2. The molecule has 2 aromatic heterocycles. The van der Waals surface area contributed by atoms with Crippen LogP contribution in [0.25, 0.3) is 16.6 Å². The van der Waals surface area contributed by atoms with Crippen molar-refractivity contribution < 1.29 is 23.7 Å². The molecule has 2 aromatic carbocycles. The minimum Gasteiger partial charge on any atom is -0.493 e. The summed E-state index contributed by atoms with van der Waals surface area (Å²) < 4.78 is 28.8. The maximum Gasteiger partial charge on any atom is 0.224 e. The number of fused-ring (bicyclic) bond motifs is 1. The zero-order chi connectivity index (χ0) is 23.5. The van der Waals surface area contributed by atoms with Crippen LogP contribution < -0.4 is 29.0 Å². The van der Waals surface area contributed by atoms with Crippen LogP contribution in [0.3, 0.4) is 0 Å². The number of halogens is 1. The summed E-state index contributed by atoms with van der Waals surface area (Å²) in [4.78, 5) is 13.0. The second-order valence-electron chi connectivity index (χ2n) is 6.74. The molecule has 11 heteroatoms. The summed E-state index contributed by atoms with van der Waals surface area (Å²) in [5.74, 6) is 3.66. The highest BCUT2D eigenvalue weighted by Gasteiger charge is 2.16. The molecule has 33 heavy (non-hydrogen) atoms. The maximum atomic E-state index is 6.16. The lowest BCUT2D eigenvalue weighted by Crippen LogP contribution is -2.00. The third kappa shape index (κ3) is 4.24. The molecule has 4 aromatic rings. The molecule has 0 radical (unpaired) electrons. The first kappa shape index (κ1) is 22.3. The van der Waals surface area contributed by atoms with Crippen molar-refractivity contribution in [2.75, 3.05) is 40.9 Å². The molecule has 0 aliphatic rings. The lowest BCUT2D eigenvalue weighted by Gasteiger charge is -2.14. The molecule has 0 fully saturated rings. The Balaban J connectivity index is 1.72. The van der Waals surface area contributed by atoms with Gasteiger partial charge in [-0.3, -0.25) is 0 Å². The van der Waals surface area contributed by atoms with E-state index in [1.54, 1.807) is 64.8 Å². The summed E-state index contributed by atoms with van der Waals surface area (Å²) >= 11 is 6.16. The molecule has 1 N–H and O–H groups in total. The van der Waals surface area contributed by atoms with Crippen LogP contribution in [-0.4, -0.2) is 55.1 Å². The zero-order valence-corrected chi connectivity index (χ0v) is 19.4. The van der Waals surface area contributed by atoms with E-state index in [1.165, 1.54) is 0 Å². The maximum absolute atomic E-state index is 6.16. The van der Waals surface area contributed by atoms with Gasteiger partial charge >= 0.3 is 0 Å². The standard InChI is InChI=1S/C22H22ClN5O5/c1-29-15-8-13-14(9-16(15)30-2)25-22(23)27-21(13)26-19-10-28(11-24-19)12-6-17(31-3)20(33-5)18(7-12)32-4/h6-11H,1-5H3,(H,25,26,27). The Morgan fingerprint density at radius 3 is 2.03 bits per heavy atom. The minimum absolute atomic E-state index is 0.0845. The molecule has 0 aliphatic heterocycles. The summed E-state index contributed by atoms with van der Waals surface area (Å²) in [6, 6.07) is 7.16. The number of nitrogens with one attached hydrogen (secondary N) is 1. The van der Waals surface area contributed by atoms with Crippen LogP contribution in [0.4, 0.5) is 11.6 Å². The van der Waals surface area contributed by atoms with E-state index in [9.17, 15) is 0 Å². The number of anilines is 2. The molecule has 0 atom stereocenters. The Morgan fingerprint density at radius 2 is 1.42 bits per heavy atom. The lowest BCUT2D eigenvalue weighted by molar-refractivity contribution is 0.324. The van der Waals surface area contributed by atoms with Gasteiger partial charge in [-0.2, -0.15) is 4.98 Å². The van der Waals surface area contributed by atoms with Crippen molar-refractivity contribution in [3.63, 3.8) is 0 Å². The molecular formula is C22H22ClN5O5. The Bertz CT molecular complexity index is 1290. The number of aromatic nitrogens is 4. The van der Waals surface area contributed by atoms with Gasteiger partial charge in [0.15, 0.2) is 23.0 Å². The number of ether oxygens (including phenoxy) is 5. The van der Waals surface area contributed by atoms with E-state index < -0.39 is 0 Å². The van der Waals surface area contributed by atoms with Crippen LogP contribution in [0.5, 0.6) is 28.7 Å². The minimum atomic E-state index is 0.0845. The highest BCUT2D eigenvalue weighted by molar-refractivity contribution is 6.28. The van der Waals surface area contributed by atoms with Gasteiger partial charge in [-0.1, -0.05) is 0 Å². The topological polar surface area (TPSA) is 102 Å². The van der Waals surface area contributed by atoms with Gasteiger partial charge in [0.05, 0.1) is 52.9 Å². The van der Waals surface area contributed by atoms with E-state index in [4.69, 9.17) is 35.3 Å². The zero-order valence-electron chi connectivity index (χ0n) is 18.7. The van der Waals surface area contributed by atoms with Gasteiger partial charge in [0.25, 0.3) is 0 Å². The molecule has 0 saturated heterocycles. The third-order valence-corrected chi connectivity index (χ3v) is 5.12. The fourth-order valence-electron chi connectivity index (χ4n) is 3.39. The van der Waals surface area contributed by atoms with E-state index in [1.807, 2.05) is 12.1 Å². The van der Waals surface area contributed by atoms with Crippen LogP contribution in [0.1, 0.15) is 0 Å². The van der Waals surface area contributed by atoms with Crippen molar-refractivity contribution >= 4 is 34.1 Å². The smallest absolute Gasteiger partial charge is 0.224 e. The average Bonchev–Trinajstić information content (AvgIpc) is 3.30. The highest BCUT2D eigenvalue weighted by atomic mass is 35.5. The normalized spacial score (nSPS) is 10.7. The summed E-state index contributed by atoms with van der Waals surface area (Å²) in [6.07, 6.45) is 3.45. The number of benzene rings is 2. The number of methoxy groups -OCH3 is 5. The van der Waals surface area contributed by atoms with Crippen LogP contribution in [0.15, 0.2) is 36.8 Å². The van der Waals surface area contributed by atoms with E-state index in [0.29, 0.717) is 51.3 Å². The largest absolute Gasteiger partial charge is 0.493 e. The first-order chi connectivity index (χ1) is 16.0. The van der Waals surface area contributed by atoms with E-state index in [0.717, 1.165) is 5.69 Å². The van der Waals surface area contributed by atoms with Gasteiger partial charge in [0.2, 0.25) is 11.0 Å². The number of rotatable bonds is 8. The quantitative estimate of drug-likeness (QED) is 0.377. The molecule has 172 valence electrons. The van der Waals surface area contributed by atoms with Gasteiger partial charge < -0.3 is 33.6 Å². The van der Waals surface area contributed by atoms with Gasteiger partial charge in [0, 0.05) is 23.6 Å². The molecule has 0 aliphatic carbocycles. The monoisotopic (exact) mass is 471 g/mol. The van der Waals surface area contributed by atoms with Crippen molar-refractivity contribution in [3.8, 4) is 34.4 Å². The number of imidazole rings is 1. The number of nitrogens with zero attached hydrogens (tertiary/aromatic N) is 4. The summed E-state index contributed by atoms with van der Waals surface area (Å²) in [6.45, 7) is 0. The summed E-state index contributed by atoms with van der Waals surface area (Å²) in [5, 5.41) is 3.97. The third-order valence-electron chi connectivity index (χ3n) is 4.95. The van der Waals surface area contributed by atoms with Crippen molar-refractivity contribution in [1.82, 2.24) is 19.5 Å². The SMILES string of the molecule is COc1cc2nc(Cl)nc(Nc3cn(-c4cc(OC)c(OC)c(OC)c4)cn3)c2cc1OC. The van der Waals surface area contributed by atoms with E-state index in [-0.39, 0.29) is 5.28 Å². The first-order valence-corrected chi connectivity index (χ1v) is 10.1. The molecule has 0 spiro atoms. The second kappa shape index (κ2) is 9.29. The van der Waals surface area contributed by atoms with Gasteiger partial charge in [-0.15, -0.1) is 0 Å². The van der Waals surface area contributed by atoms with Crippen molar-refractivity contribution in [2.45, 2.75) is 0 Å². The second-order valence-corrected chi connectivity index (χ2v) is 7.08. The molecule has 10 nitrogen and oxygen atoms in total. The first-order valence-electron chi connectivity index (χ1n) is 9.72. The van der Waals surface area contributed by atoms with Gasteiger partial charge in [0.1, 0.15) is 18.0 Å². The van der Waals surface area contributed by atoms with Gasteiger partial charge in [-0.05, 0) is 17.7 Å². The Kier molecular flexibility index (Phi) is 6.27. The molecule has 0 unspecified atom stereocenters. The van der Waals surface area contributed by atoms with Crippen LogP contribution >= 0.6 is 11.6 Å². The molecule has 0 saturated carbocycles. The molecule has 2 heterocycles. The van der Waals surface area contributed by atoms with Crippen LogP contribution in [0.2, 0.25) is 5.28 Å². The Morgan fingerprint density at radius 1 is 0.788 bits per heavy atom. The molecule has 0 bridgehead atoms. The predicted molar refractivity (Wildman–Crippen MR) is 124 cm³/mol. The van der Waals surface area contributed by atoms with Crippen molar-refractivity contribution in [1.29, 1.82) is 0 Å².